The fourth-order valence-corrected chi connectivity index (χ4v) is 5.16. The van der Waals surface area contributed by atoms with Gasteiger partial charge in [-0.2, -0.15) is 5.26 Å². The van der Waals surface area contributed by atoms with Gasteiger partial charge in [0.2, 0.25) is 0 Å². The van der Waals surface area contributed by atoms with Gasteiger partial charge in [-0.25, -0.2) is 4.85 Å². The first kappa shape index (κ1) is 20.0. The molecule has 7 aromatic rings. The molecular formula is C31H16N4O. The van der Waals surface area contributed by atoms with Crippen LogP contribution in [-0.4, -0.2) is 9.55 Å². The van der Waals surface area contributed by atoms with Crippen LogP contribution in [0.2, 0.25) is 0 Å². The number of fused-ring (bicyclic) bond motifs is 6. The van der Waals surface area contributed by atoms with Crippen molar-refractivity contribution in [2.24, 2.45) is 0 Å². The number of para-hydroxylation sites is 1. The standard InChI is InChI=1S/C31H16N4O/c1-33-29-30(21(17-32)16-24-22-9-5-6-10-28(22)36-31(24)29)35-26-12-11-20(19-7-3-2-4-8-19)15-23(26)25-18-34-14-13-27(25)35/h2-16,18H. The number of nitrogens with zero attached hydrogens (tertiary/aromatic N) is 4. The third-order valence-corrected chi connectivity index (χ3v) is 6.75. The van der Waals surface area contributed by atoms with Crippen LogP contribution in [0.3, 0.4) is 0 Å². The molecule has 4 aromatic carbocycles. The van der Waals surface area contributed by atoms with Gasteiger partial charge in [-0.05, 0) is 41.5 Å². The average Bonchev–Trinajstić information content (AvgIpc) is 3.47. The predicted octanol–water partition coefficient (Wildman–Crippen LogP) is 8.17. The van der Waals surface area contributed by atoms with Crippen molar-refractivity contribution in [3.8, 4) is 22.9 Å². The van der Waals surface area contributed by atoms with Crippen LogP contribution in [0, 0.1) is 17.9 Å². The zero-order valence-electron chi connectivity index (χ0n) is 18.9. The van der Waals surface area contributed by atoms with Gasteiger partial charge in [0, 0.05) is 33.9 Å². The number of aromatic nitrogens is 2. The van der Waals surface area contributed by atoms with E-state index in [4.69, 9.17) is 11.0 Å². The van der Waals surface area contributed by atoms with E-state index in [0.717, 1.165) is 43.7 Å². The topological polar surface area (TPSA) is 59.1 Å². The molecule has 3 aromatic heterocycles. The Hall–Kier alpha value is -5.39. The Morgan fingerprint density at radius 1 is 0.806 bits per heavy atom. The Bertz CT molecular complexity index is 2070. The summed E-state index contributed by atoms with van der Waals surface area (Å²) in [6, 6.07) is 30.3. The number of rotatable bonds is 2. The molecule has 0 aliphatic heterocycles. The van der Waals surface area contributed by atoms with Crippen LogP contribution in [0.5, 0.6) is 0 Å². The van der Waals surface area contributed by atoms with Gasteiger partial charge in [0.25, 0.3) is 5.69 Å². The summed E-state index contributed by atoms with van der Waals surface area (Å²) >= 11 is 0. The molecular weight excluding hydrogens is 444 g/mol. The van der Waals surface area contributed by atoms with E-state index >= 15 is 0 Å². The summed E-state index contributed by atoms with van der Waals surface area (Å²) in [4.78, 5) is 8.28. The van der Waals surface area contributed by atoms with Crippen molar-refractivity contribution in [1.82, 2.24) is 9.55 Å². The summed E-state index contributed by atoms with van der Waals surface area (Å²) < 4.78 is 8.16. The minimum absolute atomic E-state index is 0.322. The van der Waals surface area contributed by atoms with E-state index in [1.165, 1.54) is 0 Å². The molecule has 0 radical (unpaired) electrons. The van der Waals surface area contributed by atoms with E-state index in [0.29, 0.717) is 28.1 Å². The first-order valence-corrected chi connectivity index (χ1v) is 11.5. The van der Waals surface area contributed by atoms with Crippen molar-refractivity contribution < 1.29 is 4.42 Å². The van der Waals surface area contributed by atoms with Crippen molar-refractivity contribution in [2.75, 3.05) is 0 Å². The summed E-state index contributed by atoms with van der Waals surface area (Å²) in [6.45, 7) is 8.11. The second-order valence-electron chi connectivity index (χ2n) is 8.65. The van der Waals surface area contributed by atoms with Crippen LogP contribution >= 0.6 is 0 Å². The molecule has 0 bridgehead atoms. The summed E-state index contributed by atoms with van der Waals surface area (Å²) in [5.41, 5.74) is 6.43. The molecule has 0 unspecified atom stereocenters. The maximum Gasteiger partial charge on any atom is 0.254 e. The maximum atomic E-state index is 10.2. The van der Waals surface area contributed by atoms with Crippen molar-refractivity contribution in [3.05, 3.63) is 114 Å². The third kappa shape index (κ3) is 2.72. The van der Waals surface area contributed by atoms with Crippen molar-refractivity contribution in [3.63, 3.8) is 0 Å². The Balaban J connectivity index is 1.63. The quantitative estimate of drug-likeness (QED) is 0.245. The number of hydrogen-bond donors (Lipinski definition) is 0. The number of benzene rings is 4. The molecule has 0 saturated heterocycles. The zero-order valence-corrected chi connectivity index (χ0v) is 18.9. The van der Waals surface area contributed by atoms with Crippen LogP contribution in [0.15, 0.2) is 102 Å². The highest BCUT2D eigenvalue weighted by Gasteiger charge is 2.24. The average molecular weight is 460 g/mol. The number of nitriles is 1. The van der Waals surface area contributed by atoms with E-state index in [1.54, 1.807) is 6.20 Å². The lowest BCUT2D eigenvalue weighted by Gasteiger charge is -2.13. The molecule has 0 atom stereocenters. The third-order valence-electron chi connectivity index (χ3n) is 6.75. The van der Waals surface area contributed by atoms with Crippen LogP contribution in [-0.2, 0) is 0 Å². The van der Waals surface area contributed by atoms with E-state index in [9.17, 15) is 5.26 Å². The molecule has 0 amide bonds. The Morgan fingerprint density at radius 2 is 1.61 bits per heavy atom. The van der Waals surface area contributed by atoms with Crippen molar-refractivity contribution in [2.45, 2.75) is 0 Å². The molecule has 5 nitrogen and oxygen atoms in total. The highest BCUT2D eigenvalue weighted by molar-refractivity contribution is 6.14. The Kier molecular flexibility index (Phi) is 4.21. The number of hydrogen-bond acceptors (Lipinski definition) is 3. The first-order valence-electron chi connectivity index (χ1n) is 11.5. The highest BCUT2D eigenvalue weighted by atomic mass is 16.3. The molecule has 0 fully saturated rings. The van der Waals surface area contributed by atoms with Crippen molar-refractivity contribution in [1.29, 1.82) is 5.26 Å². The zero-order chi connectivity index (χ0) is 24.2. The van der Waals surface area contributed by atoms with E-state index in [2.05, 4.69) is 46.2 Å². The Labute approximate surface area is 205 Å². The van der Waals surface area contributed by atoms with Gasteiger partial charge in [-0.3, -0.25) is 4.98 Å². The van der Waals surface area contributed by atoms with E-state index in [-0.39, 0.29) is 0 Å². The molecule has 3 heterocycles. The lowest BCUT2D eigenvalue weighted by atomic mass is 10.0. The number of furan rings is 1. The largest absolute Gasteiger partial charge is 0.467 e. The van der Waals surface area contributed by atoms with Crippen LogP contribution in [0.4, 0.5) is 5.69 Å². The second-order valence-corrected chi connectivity index (χ2v) is 8.65. The number of pyridine rings is 1. The van der Waals surface area contributed by atoms with Crippen LogP contribution in [0.1, 0.15) is 5.56 Å². The summed E-state index contributed by atoms with van der Waals surface area (Å²) in [7, 11) is 0. The highest BCUT2D eigenvalue weighted by Crippen LogP contribution is 2.44. The minimum Gasteiger partial charge on any atom is -0.467 e. The van der Waals surface area contributed by atoms with Gasteiger partial charge in [0.05, 0.1) is 34.9 Å². The molecule has 0 aliphatic rings. The van der Waals surface area contributed by atoms with Gasteiger partial charge < -0.3 is 8.98 Å². The molecule has 7 rings (SSSR count). The second kappa shape index (κ2) is 7.56. The SMILES string of the molecule is [C-]#[N+]c1c(-n2c3ccncc3c3cc(-c4ccccc4)ccc32)c(C#N)cc2c1oc1ccccc12. The first-order chi connectivity index (χ1) is 17.8. The monoisotopic (exact) mass is 460 g/mol. The van der Waals surface area contributed by atoms with E-state index < -0.39 is 0 Å². The molecule has 0 spiro atoms. The molecule has 0 saturated carbocycles. The minimum atomic E-state index is 0.322. The van der Waals surface area contributed by atoms with Gasteiger partial charge in [-0.15, -0.1) is 0 Å². The van der Waals surface area contributed by atoms with Crippen molar-refractivity contribution >= 4 is 49.4 Å². The summed E-state index contributed by atoms with van der Waals surface area (Å²) in [6.07, 6.45) is 3.57. The molecule has 36 heavy (non-hydrogen) atoms. The molecule has 5 heteroatoms. The smallest absolute Gasteiger partial charge is 0.254 e. The fourth-order valence-electron chi connectivity index (χ4n) is 5.16. The van der Waals surface area contributed by atoms with E-state index in [1.807, 2.05) is 65.4 Å². The van der Waals surface area contributed by atoms with Gasteiger partial charge >= 0.3 is 0 Å². The summed E-state index contributed by atoms with van der Waals surface area (Å²) in [5, 5.41) is 13.8. The van der Waals surface area contributed by atoms with Gasteiger partial charge in [0.15, 0.2) is 0 Å². The molecule has 166 valence electrons. The lowest BCUT2D eigenvalue weighted by molar-refractivity contribution is 0.670. The fraction of sp³-hybridized carbons (Fsp3) is 0. The lowest BCUT2D eigenvalue weighted by Crippen LogP contribution is -1.98. The van der Waals surface area contributed by atoms with Crippen LogP contribution in [0.25, 0.3) is 65.4 Å². The molecule has 0 N–H and O–H groups in total. The normalized spacial score (nSPS) is 11.3. The van der Waals surface area contributed by atoms with Gasteiger partial charge in [0.1, 0.15) is 11.2 Å². The Morgan fingerprint density at radius 3 is 2.44 bits per heavy atom. The summed E-state index contributed by atoms with van der Waals surface area (Å²) in [5.74, 6) is 0. The van der Waals surface area contributed by atoms with Crippen LogP contribution < -0.4 is 0 Å². The maximum absolute atomic E-state index is 10.2. The molecule has 0 aliphatic carbocycles. The predicted molar refractivity (Wildman–Crippen MR) is 142 cm³/mol. The van der Waals surface area contributed by atoms with Gasteiger partial charge in [-0.1, -0.05) is 54.6 Å².